The molecule has 3 aliphatic heterocycles. The first-order valence-electron chi connectivity index (χ1n) is 13.9. The number of anilines is 2. The fourth-order valence-corrected chi connectivity index (χ4v) is 6.80. The van der Waals surface area contributed by atoms with E-state index in [9.17, 15) is 0 Å². The highest BCUT2D eigenvalue weighted by Gasteiger charge is 2.38. The Bertz CT molecular complexity index is 1180. The van der Waals surface area contributed by atoms with Crippen molar-refractivity contribution >= 4 is 34.3 Å². The zero-order chi connectivity index (χ0) is 24.5. The highest BCUT2D eigenvalue weighted by molar-refractivity contribution is 6.30. The molecular formula is C29H39ClN6. The molecule has 1 aromatic carbocycles. The van der Waals surface area contributed by atoms with Crippen molar-refractivity contribution in [2.75, 3.05) is 49.1 Å². The van der Waals surface area contributed by atoms with E-state index in [1.165, 1.54) is 75.4 Å². The van der Waals surface area contributed by atoms with E-state index in [2.05, 4.69) is 45.0 Å². The number of rotatable bonds is 4. The Morgan fingerprint density at radius 1 is 0.833 bits per heavy atom. The summed E-state index contributed by atoms with van der Waals surface area (Å²) in [6, 6.07) is 12.8. The van der Waals surface area contributed by atoms with Crippen molar-refractivity contribution in [1.29, 1.82) is 0 Å². The number of nitrogens with zero attached hydrogens (tertiary/aromatic N) is 6. The molecule has 6 rings (SSSR count). The summed E-state index contributed by atoms with van der Waals surface area (Å²) in [4.78, 5) is 12.6. The molecule has 3 aromatic rings. The standard InChI is InChI=1S/C29H39ClN6/c1-33-27-25(9-10-26(31-27)35-15-4-2-3-5-16-35)28(32-33)36-19-13-29(14-20-36)11-17-34(18-12-29)22-23-7-6-8-24(30)21-23/h6-10,21H,2-5,11-20,22H2,1H3. The van der Waals surface area contributed by atoms with Crippen LogP contribution in [0, 0.1) is 5.41 Å². The zero-order valence-electron chi connectivity index (χ0n) is 21.6. The Morgan fingerprint density at radius 2 is 1.56 bits per heavy atom. The third-order valence-electron chi connectivity index (χ3n) is 8.92. The first-order chi connectivity index (χ1) is 17.6. The lowest BCUT2D eigenvalue weighted by atomic mass is 9.71. The van der Waals surface area contributed by atoms with Crippen molar-refractivity contribution in [1.82, 2.24) is 19.7 Å². The molecule has 0 N–H and O–H groups in total. The molecule has 192 valence electrons. The third kappa shape index (κ3) is 4.95. The molecule has 0 unspecified atom stereocenters. The molecule has 5 heterocycles. The lowest BCUT2D eigenvalue weighted by Crippen LogP contribution is -2.46. The number of aryl methyl sites for hydroxylation is 1. The van der Waals surface area contributed by atoms with Crippen molar-refractivity contribution in [2.45, 2.75) is 57.9 Å². The Kier molecular flexibility index (Phi) is 6.82. The average Bonchev–Trinajstić information content (AvgIpc) is 3.05. The summed E-state index contributed by atoms with van der Waals surface area (Å²) < 4.78 is 1.99. The number of piperidine rings is 2. The van der Waals surface area contributed by atoms with Gasteiger partial charge in [-0.15, -0.1) is 0 Å². The van der Waals surface area contributed by atoms with E-state index in [-0.39, 0.29) is 0 Å². The van der Waals surface area contributed by atoms with Crippen molar-refractivity contribution in [3.63, 3.8) is 0 Å². The summed E-state index contributed by atoms with van der Waals surface area (Å²) in [6.45, 7) is 7.80. The van der Waals surface area contributed by atoms with E-state index in [0.717, 1.165) is 55.0 Å². The molecule has 7 heteroatoms. The lowest BCUT2D eigenvalue weighted by Gasteiger charge is -2.47. The average molecular weight is 507 g/mol. The number of hydrogen-bond acceptors (Lipinski definition) is 5. The van der Waals surface area contributed by atoms with Crippen molar-refractivity contribution < 1.29 is 0 Å². The quantitative estimate of drug-likeness (QED) is 0.441. The molecule has 0 bridgehead atoms. The van der Waals surface area contributed by atoms with Crippen LogP contribution in [0.1, 0.15) is 56.9 Å². The second kappa shape index (κ2) is 10.2. The van der Waals surface area contributed by atoms with Gasteiger partial charge in [-0.3, -0.25) is 4.90 Å². The summed E-state index contributed by atoms with van der Waals surface area (Å²) >= 11 is 6.19. The highest BCUT2D eigenvalue weighted by atomic mass is 35.5. The van der Waals surface area contributed by atoms with Crippen LogP contribution in [-0.4, -0.2) is 58.9 Å². The molecule has 3 saturated heterocycles. The molecule has 2 aromatic heterocycles. The lowest BCUT2D eigenvalue weighted by molar-refractivity contribution is 0.0757. The summed E-state index contributed by atoms with van der Waals surface area (Å²) in [5.41, 5.74) is 2.83. The van der Waals surface area contributed by atoms with E-state index in [0.29, 0.717) is 5.41 Å². The highest BCUT2D eigenvalue weighted by Crippen LogP contribution is 2.43. The molecule has 0 saturated carbocycles. The predicted octanol–water partition coefficient (Wildman–Crippen LogP) is 5.88. The molecular weight excluding hydrogens is 468 g/mol. The van der Waals surface area contributed by atoms with Gasteiger partial charge in [0.15, 0.2) is 11.5 Å². The van der Waals surface area contributed by atoms with Gasteiger partial charge < -0.3 is 9.80 Å². The topological polar surface area (TPSA) is 40.4 Å². The second-order valence-corrected chi connectivity index (χ2v) is 11.7. The van der Waals surface area contributed by atoms with Crippen LogP contribution < -0.4 is 9.80 Å². The van der Waals surface area contributed by atoms with Crippen LogP contribution in [0.2, 0.25) is 5.02 Å². The molecule has 36 heavy (non-hydrogen) atoms. The van der Waals surface area contributed by atoms with Gasteiger partial charge in [-0.1, -0.05) is 36.6 Å². The van der Waals surface area contributed by atoms with E-state index >= 15 is 0 Å². The summed E-state index contributed by atoms with van der Waals surface area (Å²) in [6.07, 6.45) is 10.3. The third-order valence-corrected chi connectivity index (χ3v) is 9.15. The minimum atomic E-state index is 0.490. The summed E-state index contributed by atoms with van der Waals surface area (Å²) in [7, 11) is 2.05. The number of likely N-dealkylation sites (tertiary alicyclic amines) is 1. The Hall–Kier alpha value is -2.31. The number of halogens is 1. The van der Waals surface area contributed by atoms with Crippen molar-refractivity contribution in [2.24, 2.45) is 12.5 Å². The minimum Gasteiger partial charge on any atom is -0.357 e. The fraction of sp³-hybridized carbons (Fsp3) is 0.586. The molecule has 0 radical (unpaired) electrons. The van der Waals surface area contributed by atoms with Gasteiger partial charge in [0.1, 0.15) is 5.82 Å². The second-order valence-electron chi connectivity index (χ2n) is 11.3. The van der Waals surface area contributed by atoms with Gasteiger partial charge in [0, 0.05) is 44.8 Å². The Balaban J connectivity index is 1.09. The monoisotopic (exact) mass is 506 g/mol. The van der Waals surface area contributed by atoms with Crippen LogP contribution in [0.3, 0.4) is 0 Å². The van der Waals surface area contributed by atoms with Crippen LogP contribution >= 0.6 is 11.6 Å². The van der Waals surface area contributed by atoms with Crippen molar-refractivity contribution in [3.05, 3.63) is 47.0 Å². The zero-order valence-corrected chi connectivity index (χ0v) is 22.4. The van der Waals surface area contributed by atoms with Gasteiger partial charge in [0.25, 0.3) is 0 Å². The van der Waals surface area contributed by atoms with Gasteiger partial charge in [-0.25, -0.2) is 9.67 Å². The Morgan fingerprint density at radius 3 is 2.28 bits per heavy atom. The van der Waals surface area contributed by atoms with Gasteiger partial charge in [0.2, 0.25) is 0 Å². The SMILES string of the molecule is Cn1nc(N2CCC3(CCN(Cc4cccc(Cl)c4)CC3)CC2)c2ccc(N3CCCCCC3)nc21. The minimum absolute atomic E-state index is 0.490. The van der Waals surface area contributed by atoms with E-state index < -0.39 is 0 Å². The molecule has 1 spiro atoms. The van der Waals surface area contributed by atoms with E-state index in [1.807, 2.05) is 17.8 Å². The summed E-state index contributed by atoms with van der Waals surface area (Å²) in [5, 5.41) is 6.99. The van der Waals surface area contributed by atoms with Crippen molar-refractivity contribution in [3.8, 4) is 0 Å². The predicted molar refractivity (Wildman–Crippen MR) is 149 cm³/mol. The maximum Gasteiger partial charge on any atom is 0.162 e. The first kappa shape index (κ1) is 24.1. The summed E-state index contributed by atoms with van der Waals surface area (Å²) in [5.74, 6) is 2.23. The molecule has 3 fully saturated rings. The van der Waals surface area contributed by atoms with Crippen LogP contribution in [0.25, 0.3) is 11.0 Å². The number of benzene rings is 1. The smallest absolute Gasteiger partial charge is 0.162 e. The first-order valence-corrected chi connectivity index (χ1v) is 14.3. The maximum absolute atomic E-state index is 6.19. The molecule has 6 nitrogen and oxygen atoms in total. The van der Waals surface area contributed by atoms with Crippen LogP contribution in [-0.2, 0) is 13.6 Å². The van der Waals surface area contributed by atoms with E-state index in [4.69, 9.17) is 21.7 Å². The number of hydrogen-bond donors (Lipinski definition) is 0. The molecule has 0 aliphatic carbocycles. The van der Waals surface area contributed by atoms with Gasteiger partial charge >= 0.3 is 0 Å². The Labute approximate surface area is 220 Å². The van der Waals surface area contributed by atoms with Crippen LogP contribution in [0.5, 0.6) is 0 Å². The normalized spacial score (nSPS) is 21.3. The van der Waals surface area contributed by atoms with Crippen LogP contribution in [0.15, 0.2) is 36.4 Å². The van der Waals surface area contributed by atoms with Gasteiger partial charge in [-0.05, 0) is 86.9 Å². The fourth-order valence-electron chi connectivity index (χ4n) is 6.58. The molecule has 0 atom stereocenters. The number of fused-ring (bicyclic) bond motifs is 1. The van der Waals surface area contributed by atoms with Gasteiger partial charge in [-0.2, -0.15) is 5.10 Å². The number of pyridine rings is 1. The van der Waals surface area contributed by atoms with E-state index in [1.54, 1.807) is 0 Å². The largest absolute Gasteiger partial charge is 0.357 e. The van der Waals surface area contributed by atoms with Gasteiger partial charge in [0.05, 0.1) is 5.39 Å². The maximum atomic E-state index is 6.19. The molecule has 0 amide bonds. The van der Waals surface area contributed by atoms with Crippen LogP contribution in [0.4, 0.5) is 11.6 Å². The molecule has 3 aliphatic rings. The number of aromatic nitrogens is 3.